The van der Waals surface area contributed by atoms with E-state index < -0.39 is 0 Å². The van der Waals surface area contributed by atoms with Crippen molar-refractivity contribution in [3.63, 3.8) is 0 Å². The number of aryl methyl sites for hydroxylation is 2. The van der Waals surface area contributed by atoms with Gasteiger partial charge in [-0.15, -0.1) is 0 Å². The number of aromatic nitrogens is 2. The van der Waals surface area contributed by atoms with E-state index in [4.69, 9.17) is 5.10 Å². The highest BCUT2D eigenvalue weighted by molar-refractivity contribution is 5.29. The van der Waals surface area contributed by atoms with Crippen LogP contribution in [0.1, 0.15) is 41.9 Å². The normalized spacial score (nSPS) is 11.0. The average Bonchev–Trinajstić information content (AvgIpc) is 2.76. The molecule has 108 valence electrons. The van der Waals surface area contributed by atoms with Crippen molar-refractivity contribution >= 4 is 0 Å². The van der Waals surface area contributed by atoms with Gasteiger partial charge >= 0.3 is 0 Å². The van der Waals surface area contributed by atoms with E-state index in [1.54, 1.807) is 0 Å². The van der Waals surface area contributed by atoms with E-state index in [2.05, 4.69) is 55.0 Å². The third-order valence-electron chi connectivity index (χ3n) is 3.69. The molecule has 3 nitrogen and oxygen atoms in total. The predicted octanol–water partition coefficient (Wildman–Crippen LogP) is 3.08. The summed E-state index contributed by atoms with van der Waals surface area (Å²) in [6.45, 7) is 8.29. The van der Waals surface area contributed by atoms with Crippen molar-refractivity contribution in [1.82, 2.24) is 15.1 Å². The molecule has 0 aliphatic carbocycles. The second-order valence-corrected chi connectivity index (χ2v) is 5.26. The van der Waals surface area contributed by atoms with Gasteiger partial charge in [-0.25, -0.2) is 0 Å². The molecule has 0 unspecified atom stereocenters. The highest BCUT2D eigenvalue weighted by Gasteiger charge is 2.14. The fraction of sp³-hybridized carbons (Fsp3) is 0.471. The van der Waals surface area contributed by atoms with Gasteiger partial charge in [0.05, 0.1) is 12.2 Å². The number of nitrogens with zero attached hydrogens (tertiary/aromatic N) is 2. The minimum atomic E-state index is 0.863. The van der Waals surface area contributed by atoms with Gasteiger partial charge in [-0.05, 0) is 32.4 Å². The molecule has 0 saturated carbocycles. The summed E-state index contributed by atoms with van der Waals surface area (Å²) in [7, 11) is 2.00. The van der Waals surface area contributed by atoms with Crippen LogP contribution in [-0.2, 0) is 25.9 Å². The Bertz CT molecular complexity index is 570. The quantitative estimate of drug-likeness (QED) is 0.875. The summed E-state index contributed by atoms with van der Waals surface area (Å²) in [6.07, 6.45) is 2.01. The molecule has 0 aliphatic rings. The van der Waals surface area contributed by atoms with Gasteiger partial charge in [-0.1, -0.05) is 43.7 Å². The monoisotopic (exact) mass is 271 g/mol. The Kier molecular flexibility index (Phi) is 4.96. The summed E-state index contributed by atoms with van der Waals surface area (Å²) in [5.41, 5.74) is 6.59. The highest BCUT2D eigenvalue weighted by atomic mass is 15.3. The van der Waals surface area contributed by atoms with E-state index in [9.17, 15) is 0 Å². The first-order valence-electron chi connectivity index (χ1n) is 7.47. The molecular formula is C17H25N3. The standard InChI is InChI=1S/C17H25N3/c1-5-16-15(11-18-4)17(6-2)20(19-16)12-14-9-7-8-13(3)10-14/h7-10,18H,5-6,11-12H2,1-4H3. The van der Waals surface area contributed by atoms with E-state index >= 15 is 0 Å². The van der Waals surface area contributed by atoms with Crippen LogP contribution in [0.3, 0.4) is 0 Å². The number of rotatable bonds is 6. The zero-order chi connectivity index (χ0) is 14.5. The molecule has 20 heavy (non-hydrogen) atoms. The number of hydrogen-bond donors (Lipinski definition) is 1. The van der Waals surface area contributed by atoms with Crippen molar-refractivity contribution in [3.05, 3.63) is 52.3 Å². The summed E-state index contributed by atoms with van der Waals surface area (Å²) in [6, 6.07) is 8.67. The van der Waals surface area contributed by atoms with Gasteiger partial charge in [0.1, 0.15) is 0 Å². The average molecular weight is 271 g/mol. The Morgan fingerprint density at radius 2 is 2.00 bits per heavy atom. The Labute approximate surface area is 122 Å². The molecule has 0 amide bonds. The van der Waals surface area contributed by atoms with Gasteiger partial charge in [0.25, 0.3) is 0 Å². The lowest BCUT2D eigenvalue weighted by atomic mass is 10.1. The molecule has 0 saturated heterocycles. The van der Waals surface area contributed by atoms with Crippen molar-refractivity contribution in [3.8, 4) is 0 Å². The van der Waals surface area contributed by atoms with Crippen molar-refractivity contribution in [2.75, 3.05) is 7.05 Å². The van der Waals surface area contributed by atoms with Crippen molar-refractivity contribution < 1.29 is 0 Å². The molecule has 2 aromatic rings. The summed E-state index contributed by atoms with van der Waals surface area (Å²) in [4.78, 5) is 0. The number of benzene rings is 1. The second-order valence-electron chi connectivity index (χ2n) is 5.26. The summed E-state index contributed by atoms with van der Waals surface area (Å²) in [5.74, 6) is 0. The van der Waals surface area contributed by atoms with Gasteiger partial charge in [0, 0.05) is 17.8 Å². The van der Waals surface area contributed by atoms with Crippen LogP contribution in [0.2, 0.25) is 0 Å². The zero-order valence-electron chi connectivity index (χ0n) is 13.0. The van der Waals surface area contributed by atoms with Crippen molar-refractivity contribution in [2.24, 2.45) is 0 Å². The summed E-state index contributed by atoms with van der Waals surface area (Å²) >= 11 is 0. The van der Waals surface area contributed by atoms with Gasteiger partial charge in [-0.2, -0.15) is 5.10 Å². The Morgan fingerprint density at radius 3 is 2.60 bits per heavy atom. The molecular weight excluding hydrogens is 246 g/mol. The van der Waals surface area contributed by atoms with Gasteiger partial charge in [-0.3, -0.25) is 4.68 Å². The SMILES string of the molecule is CCc1nn(Cc2cccc(C)c2)c(CC)c1CNC. The van der Waals surface area contributed by atoms with E-state index in [-0.39, 0.29) is 0 Å². The lowest BCUT2D eigenvalue weighted by Gasteiger charge is -2.08. The summed E-state index contributed by atoms with van der Waals surface area (Å²) < 4.78 is 2.18. The second kappa shape index (κ2) is 6.71. The van der Waals surface area contributed by atoms with E-state index in [0.717, 1.165) is 25.9 Å². The third kappa shape index (κ3) is 3.10. The Morgan fingerprint density at radius 1 is 1.20 bits per heavy atom. The van der Waals surface area contributed by atoms with Crippen LogP contribution in [0.5, 0.6) is 0 Å². The highest BCUT2D eigenvalue weighted by Crippen LogP contribution is 2.18. The molecule has 0 aliphatic heterocycles. The molecule has 0 fully saturated rings. The first-order chi connectivity index (χ1) is 9.69. The molecule has 1 N–H and O–H groups in total. The fourth-order valence-electron chi connectivity index (χ4n) is 2.76. The van der Waals surface area contributed by atoms with Crippen LogP contribution in [0.4, 0.5) is 0 Å². The van der Waals surface area contributed by atoms with Gasteiger partial charge < -0.3 is 5.32 Å². The minimum absolute atomic E-state index is 0.863. The van der Waals surface area contributed by atoms with E-state index in [1.807, 2.05) is 7.05 Å². The maximum Gasteiger partial charge on any atom is 0.0669 e. The van der Waals surface area contributed by atoms with Crippen molar-refractivity contribution in [1.29, 1.82) is 0 Å². The van der Waals surface area contributed by atoms with Crippen LogP contribution in [0.15, 0.2) is 24.3 Å². The zero-order valence-corrected chi connectivity index (χ0v) is 13.0. The smallest absolute Gasteiger partial charge is 0.0669 e. The molecule has 3 heteroatoms. The molecule has 1 heterocycles. The van der Waals surface area contributed by atoms with E-state index in [1.165, 1.54) is 28.1 Å². The molecule has 1 aromatic heterocycles. The Balaban J connectivity index is 2.36. The van der Waals surface area contributed by atoms with Gasteiger partial charge in [0.15, 0.2) is 0 Å². The fourth-order valence-corrected chi connectivity index (χ4v) is 2.76. The lowest BCUT2D eigenvalue weighted by Crippen LogP contribution is -2.10. The Hall–Kier alpha value is -1.61. The van der Waals surface area contributed by atoms with Crippen LogP contribution in [0.25, 0.3) is 0 Å². The van der Waals surface area contributed by atoms with Crippen LogP contribution >= 0.6 is 0 Å². The minimum Gasteiger partial charge on any atom is -0.316 e. The molecule has 0 spiro atoms. The van der Waals surface area contributed by atoms with E-state index in [0.29, 0.717) is 0 Å². The molecule has 2 rings (SSSR count). The van der Waals surface area contributed by atoms with Crippen LogP contribution in [-0.4, -0.2) is 16.8 Å². The van der Waals surface area contributed by atoms with Crippen LogP contribution < -0.4 is 5.32 Å². The topological polar surface area (TPSA) is 29.9 Å². The first kappa shape index (κ1) is 14.8. The first-order valence-corrected chi connectivity index (χ1v) is 7.47. The van der Waals surface area contributed by atoms with Crippen molar-refractivity contribution in [2.45, 2.75) is 46.7 Å². The predicted molar refractivity (Wildman–Crippen MR) is 84.0 cm³/mol. The molecule has 1 aromatic carbocycles. The molecule has 0 atom stereocenters. The molecule has 0 bridgehead atoms. The largest absolute Gasteiger partial charge is 0.316 e. The summed E-state index contributed by atoms with van der Waals surface area (Å²) in [5, 5.41) is 8.09. The number of hydrogen-bond acceptors (Lipinski definition) is 2. The molecule has 0 radical (unpaired) electrons. The maximum absolute atomic E-state index is 4.82. The van der Waals surface area contributed by atoms with Crippen LogP contribution in [0, 0.1) is 6.92 Å². The lowest BCUT2D eigenvalue weighted by molar-refractivity contribution is 0.638. The maximum atomic E-state index is 4.82. The third-order valence-corrected chi connectivity index (χ3v) is 3.69. The number of nitrogens with one attached hydrogen (secondary N) is 1. The van der Waals surface area contributed by atoms with Gasteiger partial charge in [0.2, 0.25) is 0 Å².